The van der Waals surface area contributed by atoms with E-state index in [1.165, 1.54) is 16.7 Å². The Bertz CT molecular complexity index is 398. The number of carbonyl (C=O) groups is 1. The van der Waals surface area contributed by atoms with Crippen LogP contribution in [0.1, 0.15) is 43.4 Å². The van der Waals surface area contributed by atoms with Crippen molar-refractivity contribution in [2.45, 2.75) is 39.0 Å². The molecule has 1 aromatic carbocycles. The van der Waals surface area contributed by atoms with Gasteiger partial charge in [0, 0.05) is 11.8 Å². The minimum atomic E-state index is 0. The Labute approximate surface area is 91.3 Å². The normalized spacial score (nSPS) is 21.5. The standard InChI is InChI=1S/C13H16O.H3N/c1-9-5-4-6-11-12(9)13(11,3)8-7-10(2)14;/h4-6H,7-8H2,1-3H3;1H3. The van der Waals surface area contributed by atoms with E-state index in [2.05, 4.69) is 32.0 Å². The SMILES string of the molecule is CC(=O)CCC1(C)c2cccc(C)c21.N. The van der Waals surface area contributed by atoms with Crippen molar-refractivity contribution in [2.24, 2.45) is 0 Å². The van der Waals surface area contributed by atoms with Crippen molar-refractivity contribution < 1.29 is 4.79 Å². The van der Waals surface area contributed by atoms with E-state index in [9.17, 15) is 4.79 Å². The molecule has 2 nitrogen and oxygen atoms in total. The second kappa shape index (κ2) is 3.78. The first-order valence-corrected chi connectivity index (χ1v) is 5.16. The molecule has 82 valence electrons. The van der Waals surface area contributed by atoms with E-state index in [4.69, 9.17) is 0 Å². The minimum Gasteiger partial charge on any atom is -0.344 e. The highest BCUT2D eigenvalue weighted by Crippen LogP contribution is 2.54. The monoisotopic (exact) mass is 205 g/mol. The number of rotatable bonds is 3. The van der Waals surface area contributed by atoms with Crippen LogP contribution in [0.2, 0.25) is 0 Å². The van der Waals surface area contributed by atoms with E-state index in [1.54, 1.807) is 6.92 Å². The fourth-order valence-electron chi connectivity index (χ4n) is 2.41. The zero-order chi connectivity index (χ0) is 10.3. The summed E-state index contributed by atoms with van der Waals surface area (Å²) in [4.78, 5) is 11.0. The third kappa shape index (κ3) is 1.82. The lowest BCUT2D eigenvalue weighted by atomic mass is 9.95. The van der Waals surface area contributed by atoms with E-state index in [1.807, 2.05) is 0 Å². The van der Waals surface area contributed by atoms with Crippen molar-refractivity contribution in [3.05, 3.63) is 34.9 Å². The van der Waals surface area contributed by atoms with Gasteiger partial charge in [0.25, 0.3) is 0 Å². The number of hydrogen-bond donors (Lipinski definition) is 1. The van der Waals surface area contributed by atoms with Crippen molar-refractivity contribution >= 4 is 5.78 Å². The third-order valence-corrected chi connectivity index (χ3v) is 3.33. The number of fused-ring (bicyclic) bond motifs is 1. The summed E-state index contributed by atoms with van der Waals surface area (Å²) in [5.41, 5.74) is 4.49. The molecule has 0 spiro atoms. The average Bonchev–Trinajstić information content (AvgIpc) is 2.72. The molecule has 0 amide bonds. The molecule has 0 radical (unpaired) electrons. The number of aryl methyl sites for hydroxylation is 1. The van der Waals surface area contributed by atoms with Gasteiger partial charge in [0.1, 0.15) is 5.78 Å². The maximum Gasteiger partial charge on any atom is 0.129 e. The molecule has 0 aromatic heterocycles. The van der Waals surface area contributed by atoms with Crippen LogP contribution in [-0.2, 0) is 10.2 Å². The maximum atomic E-state index is 11.0. The summed E-state index contributed by atoms with van der Waals surface area (Å²) in [6.45, 7) is 6.06. The summed E-state index contributed by atoms with van der Waals surface area (Å²) in [6.07, 6.45) is 1.67. The van der Waals surface area contributed by atoms with Crippen molar-refractivity contribution in [1.29, 1.82) is 0 Å². The van der Waals surface area contributed by atoms with Gasteiger partial charge in [-0.15, -0.1) is 0 Å². The molecule has 1 aromatic rings. The van der Waals surface area contributed by atoms with Crippen LogP contribution in [0, 0.1) is 6.92 Å². The van der Waals surface area contributed by atoms with Gasteiger partial charge in [-0.1, -0.05) is 25.1 Å². The van der Waals surface area contributed by atoms with Gasteiger partial charge in [0.05, 0.1) is 0 Å². The van der Waals surface area contributed by atoms with Crippen molar-refractivity contribution in [3.8, 4) is 0 Å². The molecule has 0 fully saturated rings. The number of benzene rings is 1. The number of Topliss-reactive ketones (excluding diaryl/α,β-unsaturated/α-hetero) is 1. The Morgan fingerprint density at radius 1 is 1.40 bits per heavy atom. The first-order valence-electron chi connectivity index (χ1n) is 5.16. The summed E-state index contributed by atoms with van der Waals surface area (Å²) in [5, 5.41) is 0. The van der Waals surface area contributed by atoms with E-state index >= 15 is 0 Å². The van der Waals surface area contributed by atoms with Crippen LogP contribution in [0.25, 0.3) is 0 Å². The molecule has 0 bridgehead atoms. The highest BCUT2D eigenvalue weighted by atomic mass is 16.1. The lowest BCUT2D eigenvalue weighted by Gasteiger charge is -2.07. The first kappa shape index (κ1) is 11.9. The topological polar surface area (TPSA) is 52.1 Å². The molecular formula is C13H19NO. The van der Waals surface area contributed by atoms with Crippen molar-refractivity contribution in [1.82, 2.24) is 6.15 Å². The third-order valence-electron chi connectivity index (χ3n) is 3.33. The average molecular weight is 205 g/mol. The summed E-state index contributed by atoms with van der Waals surface area (Å²) in [6, 6.07) is 6.44. The van der Waals surface area contributed by atoms with Crippen LogP contribution in [-0.4, -0.2) is 5.78 Å². The largest absolute Gasteiger partial charge is 0.344 e. The Balaban J connectivity index is 0.00000112. The predicted octanol–water partition coefficient (Wildman–Crippen LogP) is 3.15. The molecule has 3 N–H and O–H groups in total. The molecule has 2 rings (SSSR count). The van der Waals surface area contributed by atoms with Gasteiger partial charge in [-0.05, 0) is 37.0 Å². The highest BCUT2D eigenvalue weighted by Gasteiger charge is 2.46. The Morgan fingerprint density at radius 3 is 2.60 bits per heavy atom. The second-order valence-electron chi connectivity index (χ2n) is 4.53. The van der Waals surface area contributed by atoms with Gasteiger partial charge in [-0.2, -0.15) is 0 Å². The number of carbonyl (C=O) groups excluding carboxylic acids is 1. The first-order chi connectivity index (χ1) is 6.55. The van der Waals surface area contributed by atoms with E-state index in [0.717, 1.165) is 6.42 Å². The fraction of sp³-hybridized carbons (Fsp3) is 0.462. The van der Waals surface area contributed by atoms with Gasteiger partial charge >= 0.3 is 0 Å². The minimum absolute atomic E-state index is 0. The fourth-order valence-corrected chi connectivity index (χ4v) is 2.41. The summed E-state index contributed by atoms with van der Waals surface area (Å²) in [5.74, 6) is 0.293. The van der Waals surface area contributed by atoms with Gasteiger partial charge < -0.3 is 10.9 Å². The molecule has 1 atom stereocenters. The number of ketones is 1. The summed E-state index contributed by atoms with van der Waals surface area (Å²) < 4.78 is 0. The molecule has 2 heteroatoms. The predicted molar refractivity (Wildman–Crippen MR) is 62.6 cm³/mol. The lowest BCUT2D eigenvalue weighted by molar-refractivity contribution is -0.117. The van der Waals surface area contributed by atoms with Crippen LogP contribution in [0.5, 0.6) is 0 Å². The molecule has 0 saturated heterocycles. The van der Waals surface area contributed by atoms with E-state index in [0.29, 0.717) is 12.2 Å². The quantitative estimate of drug-likeness (QED) is 0.824. The zero-order valence-electron chi connectivity index (χ0n) is 9.76. The van der Waals surface area contributed by atoms with Gasteiger partial charge in [-0.3, -0.25) is 0 Å². The Kier molecular flexibility index (Phi) is 3.00. The molecule has 1 unspecified atom stereocenters. The molecular weight excluding hydrogens is 186 g/mol. The number of hydrogen-bond acceptors (Lipinski definition) is 2. The van der Waals surface area contributed by atoms with Crippen LogP contribution in [0.3, 0.4) is 0 Å². The van der Waals surface area contributed by atoms with E-state index < -0.39 is 0 Å². The van der Waals surface area contributed by atoms with Gasteiger partial charge in [0.15, 0.2) is 0 Å². The summed E-state index contributed by atoms with van der Waals surface area (Å²) >= 11 is 0. The van der Waals surface area contributed by atoms with Crippen LogP contribution >= 0.6 is 0 Å². The van der Waals surface area contributed by atoms with Crippen molar-refractivity contribution in [3.63, 3.8) is 0 Å². The van der Waals surface area contributed by atoms with Gasteiger partial charge in [0.2, 0.25) is 0 Å². The molecule has 1 aliphatic rings. The maximum absolute atomic E-state index is 11.0. The Hall–Kier alpha value is -1.15. The van der Waals surface area contributed by atoms with Crippen molar-refractivity contribution in [2.75, 3.05) is 0 Å². The summed E-state index contributed by atoms with van der Waals surface area (Å²) in [7, 11) is 0. The lowest BCUT2D eigenvalue weighted by Crippen LogP contribution is -2.05. The zero-order valence-corrected chi connectivity index (χ0v) is 9.76. The molecule has 15 heavy (non-hydrogen) atoms. The van der Waals surface area contributed by atoms with Crippen LogP contribution in [0.4, 0.5) is 0 Å². The molecule has 0 heterocycles. The highest BCUT2D eigenvalue weighted by molar-refractivity contribution is 5.76. The molecule has 1 aliphatic carbocycles. The Morgan fingerprint density at radius 2 is 2.07 bits per heavy atom. The molecule has 0 saturated carbocycles. The smallest absolute Gasteiger partial charge is 0.129 e. The van der Waals surface area contributed by atoms with Crippen LogP contribution in [0.15, 0.2) is 18.2 Å². The second-order valence-corrected chi connectivity index (χ2v) is 4.53. The van der Waals surface area contributed by atoms with E-state index in [-0.39, 0.29) is 11.6 Å². The van der Waals surface area contributed by atoms with Crippen LogP contribution < -0.4 is 6.15 Å². The van der Waals surface area contributed by atoms with Gasteiger partial charge in [-0.25, -0.2) is 0 Å². The molecule has 0 aliphatic heterocycles.